The predicted molar refractivity (Wildman–Crippen MR) is 70.7 cm³/mol. The molecule has 0 aliphatic carbocycles. The van der Waals surface area contributed by atoms with Crippen LogP contribution in [0.15, 0.2) is 24.3 Å². The third-order valence-corrected chi connectivity index (χ3v) is 2.26. The summed E-state index contributed by atoms with van der Waals surface area (Å²) < 4.78 is 5.22. The monoisotopic (exact) mass is 249 g/mol. The molecule has 18 heavy (non-hydrogen) atoms. The number of ether oxygens (including phenoxy) is 1. The van der Waals surface area contributed by atoms with E-state index in [0.29, 0.717) is 23.8 Å². The summed E-state index contributed by atoms with van der Waals surface area (Å²) in [7, 11) is 0. The fourth-order valence-electron chi connectivity index (χ4n) is 1.37. The van der Waals surface area contributed by atoms with Crippen LogP contribution in [0, 0.1) is 5.92 Å². The van der Waals surface area contributed by atoms with Crippen LogP contribution >= 0.6 is 0 Å². The number of benzene rings is 1. The molecule has 98 valence electrons. The number of hydrogen-bond donors (Lipinski definition) is 1. The maximum absolute atomic E-state index is 11.5. The zero-order valence-corrected chi connectivity index (χ0v) is 11.0. The molecule has 0 aliphatic rings. The summed E-state index contributed by atoms with van der Waals surface area (Å²) in [6.07, 6.45) is 0. The van der Waals surface area contributed by atoms with Gasteiger partial charge in [0.1, 0.15) is 6.61 Å². The van der Waals surface area contributed by atoms with E-state index in [1.54, 1.807) is 24.3 Å². The van der Waals surface area contributed by atoms with E-state index < -0.39 is 0 Å². The Morgan fingerprint density at radius 2 is 1.83 bits per heavy atom. The minimum atomic E-state index is -0.189. The van der Waals surface area contributed by atoms with E-state index in [1.807, 2.05) is 13.8 Å². The van der Waals surface area contributed by atoms with Crippen molar-refractivity contribution in [1.29, 1.82) is 0 Å². The molecule has 0 spiro atoms. The summed E-state index contributed by atoms with van der Waals surface area (Å²) in [5, 5.41) is 2.71. The van der Waals surface area contributed by atoms with E-state index in [0.717, 1.165) is 0 Å². The Hall–Kier alpha value is -1.68. The number of carbonyl (C=O) groups is 2. The number of rotatable bonds is 6. The molecule has 0 heterocycles. The number of hydrogen-bond acceptors (Lipinski definition) is 3. The van der Waals surface area contributed by atoms with Gasteiger partial charge in [-0.1, -0.05) is 13.8 Å². The fourth-order valence-corrected chi connectivity index (χ4v) is 1.37. The van der Waals surface area contributed by atoms with E-state index in [-0.39, 0.29) is 18.3 Å². The highest BCUT2D eigenvalue weighted by molar-refractivity contribution is 5.95. The smallest absolute Gasteiger partial charge is 0.250 e. The molecule has 0 aromatic heterocycles. The Balaban J connectivity index is 2.42. The molecule has 0 atom stereocenters. The number of ketones is 1. The summed E-state index contributed by atoms with van der Waals surface area (Å²) in [6, 6.07) is 6.79. The lowest BCUT2D eigenvalue weighted by Crippen LogP contribution is -2.19. The van der Waals surface area contributed by atoms with Gasteiger partial charge < -0.3 is 10.1 Å². The van der Waals surface area contributed by atoms with Crippen LogP contribution in [0.2, 0.25) is 0 Å². The molecule has 1 rings (SSSR count). The van der Waals surface area contributed by atoms with Gasteiger partial charge in [-0.25, -0.2) is 0 Å². The summed E-state index contributed by atoms with van der Waals surface area (Å²) in [6.45, 7) is 6.17. The molecular weight excluding hydrogens is 230 g/mol. The van der Waals surface area contributed by atoms with Crippen molar-refractivity contribution < 1.29 is 14.3 Å². The van der Waals surface area contributed by atoms with Crippen LogP contribution in [0.1, 0.15) is 31.1 Å². The molecular formula is C14H19NO3. The van der Waals surface area contributed by atoms with Gasteiger partial charge in [-0.05, 0) is 37.1 Å². The van der Waals surface area contributed by atoms with Crippen LogP contribution in [0.4, 0.5) is 5.69 Å². The van der Waals surface area contributed by atoms with E-state index in [2.05, 4.69) is 5.32 Å². The first-order valence-corrected chi connectivity index (χ1v) is 5.97. The maximum Gasteiger partial charge on any atom is 0.250 e. The largest absolute Gasteiger partial charge is 0.371 e. The zero-order valence-electron chi connectivity index (χ0n) is 11.0. The number of nitrogens with one attached hydrogen (secondary N) is 1. The standard InChI is InChI=1S/C14H19NO3/c1-10(2)8-18-9-14(17)15-13-6-4-12(5-7-13)11(3)16/h4-7,10H,8-9H2,1-3H3,(H,15,17). The first kappa shape index (κ1) is 14.4. The van der Waals surface area contributed by atoms with Crippen LogP contribution in [-0.4, -0.2) is 24.9 Å². The fraction of sp³-hybridized carbons (Fsp3) is 0.429. The van der Waals surface area contributed by atoms with Gasteiger partial charge >= 0.3 is 0 Å². The Bertz CT molecular complexity index is 410. The molecule has 1 N–H and O–H groups in total. The summed E-state index contributed by atoms with van der Waals surface area (Å²) >= 11 is 0. The predicted octanol–water partition coefficient (Wildman–Crippen LogP) is 2.50. The van der Waals surface area contributed by atoms with Crippen molar-refractivity contribution in [3.05, 3.63) is 29.8 Å². The molecule has 1 aromatic rings. The highest BCUT2D eigenvalue weighted by Gasteiger charge is 2.04. The summed E-state index contributed by atoms with van der Waals surface area (Å²) in [5.41, 5.74) is 1.29. The summed E-state index contributed by atoms with van der Waals surface area (Å²) in [4.78, 5) is 22.6. The molecule has 0 radical (unpaired) electrons. The number of carbonyl (C=O) groups excluding carboxylic acids is 2. The third-order valence-electron chi connectivity index (χ3n) is 2.26. The van der Waals surface area contributed by atoms with Crippen LogP contribution in [0.25, 0.3) is 0 Å². The zero-order chi connectivity index (χ0) is 13.5. The van der Waals surface area contributed by atoms with E-state index in [9.17, 15) is 9.59 Å². The Kier molecular flexibility index (Phi) is 5.52. The van der Waals surface area contributed by atoms with Crippen LogP contribution < -0.4 is 5.32 Å². The Labute approximate surface area is 107 Å². The molecule has 0 unspecified atom stereocenters. The van der Waals surface area contributed by atoms with Gasteiger partial charge in [0.05, 0.1) is 0 Å². The van der Waals surface area contributed by atoms with E-state index in [1.165, 1.54) is 6.92 Å². The lowest BCUT2D eigenvalue weighted by Gasteiger charge is -2.08. The van der Waals surface area contributed by atoms with Gasteiger partial charge in [-0.2, -0.15) is 0 Å². The van der Waals surface area contributed by atoms with Gasteiger partial charge in [0.2, 0.25) is 5.91 Å². The molecule has 0 saturated heterocycles. The summed E-state index contributed by atoms with van der Waals surface area (Å²) in [5.74, 6) is 0.229. The quantitative estimate of drug-likeness (QED) is 0.788. The highest BCUT2D eigenvalue weighted by Crippen LogP contribution is 2.09. The molecule has 4 heteroatoms. The Morgan fingerprint density at radius 3 is 2.33 bits per heavy atom. The first-order valence-electron chi connectivity index (χ1n) is 5.97. The average molecular weight is 249 g/mol. The van der Waals surface area contributed by atoms with Crippen molar-refractivity contribution in [1.82, 2.24) is 0 Å². The second kappa shape index (κ2) is 6.91. The Morgan fingerprint density at radius 1 is 1.22 bits per heavy atom. The van der Waals surface area contributed by atoms with Crippen molar-refractivity contribution in [3.63, 3.8) is 0 Å². The van der Waals surface area contributed by atoms with Crippen molar-refractivity contribution in [3.8, 4) is 0 Å². The van der Waals surface area contributed by atoms with Gasteiger partial charge in [-0.3, -0.25) is 9.59 Å². The van der Waals surface area contributed by atoms with Crippen LogP contribution in [0.5, 0.6) is 0 Å². The van der Waals surface area contributed by atoms with Crippen LogP contribution in [-0.2, 0) is 9.53 Å². The minimum absolute atomic E-state index is 0.00754. The molecule has 0 aliphatic heterocycles. The number of anilines is 1. The molecule has 1 aromatic carbocycles. The molecule has 0 fully saturated rings. The second-order valence-electron chi connectivity index (χ2n) is 4.59. The number of Topliss-reactive ketones (excluding diaryl/α,β-unsaturated/α-hetero) is 1. The SMILES string of the molecule is CC(=O)c1ccc(NC(=O)COCC(C)C)cc1. The average Bonchev–Trinajstić information content (AvgIpc) is 2.29. The van der Waals surface area contributed by atoms with E-state index in [4.69, 9.17) is 4.74 Å². The van der Waals surface area contributed by atoms with E-state index >= 15 is 0 Å². The second-order valence-corrected chi connectivity index (χ2v) is 4.59. The van der Waals surface area contributed by atoms with Crippen molar-refractivity contribution >= 4 is 17.4 Å². The molecule has 1 amide bonds. The molecule has 0 bridgehead atoms. The lowest BCUT2D eigenvalue weighted by atomic mass is 10.1. The minimum Gasteiger partial charge on any atom is -0.371 e. The molecule has 4 nitrogen and oxygen atoms in total. The highest BCUT2D eigenvalue weighted by atomic mass is 16.5. The normalized spacial score (nSPS) is 10.4. The van der Waals surface area contributed by atoms with Crippen molar-refractivity contribution in [2.45, 2.75) is 20.8 Å². The van der Waals surface area contributed by atoms with Crippen molar-refractivity contribution in [2.24, 2.45) is 5.92 Å². The molecule has 0 saturated carbocycles. The third kappa shape index (κ3) is 5.10. The van der Waals surface area contributed by atoms with Gasteiger partial charge in [0.25, 0.3) is 0 Å². The van der Waals surface area contributed by atoms with Crippen molar-refractivity contribution in [2.75, 3.05) is 18.5 Å². The number of amides is 1. The van der Waals surface area contributed by atoms with Gasteiger partial charge in [0, 0.05) is 17.9 Å². The van der Waals surface area contributed by atoms with Gasteiger partial charge in [0.15, 0.2) is 5.78 Å². The lowest BCUT2D eigenvalue weighted by molar-refractivity contribution is -0.120. The first-order chi connectivity index (χ1) is 8.49. The van der Waals surface area contributed by atoms with Crippen LogP contribution in [0.3, 0.4) is 0 Å². The maximum atomic E-state index is 11.5. The van der Waals surface area contributed by atoms with Gasteiger partial charge in [-0.15, -0.1) is 0 Å². The topological polar surface area (TPSA) is 55.4 Å².